The highest BCUT2D eigenvalue weighted by molar-refractivity contribution is 7.12. The number of Topliss-reactive ketones (excluding diaryl/α,β-unsaturated/α-hetero) is 1. The maximum atomic E-state index is 12.2. The van der Waals surface area contributed by atoms with E-state index in [4.69, 9.17) is 0 Å². The van der Waals surface area contributed by atoms with E-state index in [-0.39, 0.29) is 11.7 Å². The molecule has 0 spiro atoms. The third-order valence-corrected chi connectivity index (χ3v) is 5.33. The first-order chi connectivity index (χ1) is 10.5. The number of nitrogens with one attached hydrogen (secondary N) is 1. The zero-order valence-electron chi connectivity index (χ0n) is 13.8. The lowest BCUT2D eigenvalue weighted by Crippen LogP contribution is -2.40. The summed E-state index contributed by atoms with van der Waals surface area (Å²) >= 11 is 1.64. The van der Waals surface area contributed by atoms with Crippen molar-refractivity contribution < 1.29 is 9.59 Å². The Morgan fingerprint density at radius 2 is 1.95 bits per heavy atom. The van der Waals surface area contributed by atoms with Gasteiger partial charge in [0.15, 0.2) is 5.78 Å². The Bertz CT molecular complexity index is 531. The van der Waals surface area contributed by atoms with E-state index in [2.05, 4.69) is 5.32 Å². The van der Waals surface area contributed by atoms with Crippen LogP contribution in [0.5, 0.6) is 0 Å². The van der Waals surface area contributed by atoms with Gasteiger partial charge in [-0.1, -0.05) is 0 Å². The van der Waals surface area contributed by atoms with Gasteiger partial charge in [0.2, 0.25) is 5.91 Å². The topological polar surface area (TPSA) is 49.4 Å². The lowest BCUT2D eigenvalue weighted by molar-refractivity contribution is -0.132. The van der Waals surface area contributed by atoms with Crippen LogP contribution in [0.25, 0.3) is 0 Å². The molecular formula is C17H26N2O2S. The third kappa shape index (κ3) is 4.40. The van der Waals surface area contributed by atoms with Crippen molar-refractivity contribution in [1.82, 2.24) is 10.2 Å². The van der Waals surface area contributed by atoms with Crippen molar-refractivity contribution in [3.63, 3.8) is 0 Å². The zero-order chi connectivity index (χ0) is 16.1. The number of rotatable bonds is 6. The fourth-order valence-electron chi connectivity index (χ4n) is 3.10. The maximum Gasteiger partial charge on any atom is 0.223 e. The van der Waals surface area contributed by atoms with E-state index >= 15 is 0 Å². The molecule has 0 radical (unpaired) electrons. The van der Waals surface area contributed by atoms with Crippen LogP contribution < -0.4 is 5.32 Å². The minimum atomic E-state index is 0.0975. The Balaban J connectivity index is 1.78. The van der Waals surface area contributed by atoms with Crippen molar-refractivity contribution in [3.05, 3.63) is 21.4 Å². The molecule has 1 aliphatic rings. The van der Waals surface area contributed by atoms with Crippen LogP contribution in [0.4, 0.5) is 0 Å². The van der Waals surface area contributed by atoms with Crippen LogP contribution >= 0.6 is 11.3 Å². The number of likely N-dealkylation sites (tertiary alicyclic amines) is 1. The standard InChI is InChI=1S/C17H26N2O2S/c1-12-10-15(13(2)22-12)16(20)4-5-17(21)19-8-6-14(7-9-19)11-18-3/h10,14,18H,4-9,11H2,1-3H3. The second-order valence-corrected chi connectivity index (χ2v) is 7.59. The molecule has 0 atom stereocenters. The number of hydrogen-bond acceptors (Lipinski definition) is 4. The quantitative estimate of drug-likeness (QED) is 0.819. The minimum Gasteiger partial charge on any atom is -0.343 e. The smallest absolute Gasteiger partial charge is 0.223 e. The molecule has 0 saturated carbocycles. The summed E-state index contributed by atoms with van der Waals surface area (Å²) in [5.74, 6) is 0.897. The first-order valence-electron chi connectivity index (χ1n) is 8.04. The van der Waals surface area contributed by atoms with Crippen molar-refractivity contribution in [2.24, 2.45) is 5.92 Å². The van der Waals surface area contributed by atoms with Gasteiger partial charge in [0, 0.05) is 41.2 Å². The average molecular weight is 322 g/mol. The molecule has 4 nitrogen and oxygen atoms in total. The van der Waals surface area contributed by atoms with Gasteiger partial charge in [0.1, 0.15) is 0 Å². The molecule has 0 aromatic carbocycles. The van der Waals surface area contributed by atoms with E-state index in [1.165, 1.54) is 0 Å². The van der Waals surface area contributed by atoms with Crippen molar-refractivity contribution in [1.29, 1.82) is 0 Å². The maximum absolute atomic E-state index is 12.2. The van der Waals surface area contributed by atoms with E-state index in [1.807, 2.05) is 31.9 Å². The van der Waals surface area contributed by atoms with E-state index in [1.54, 1.807) is 11.3 Å². The van der Waals surface area contributed by atoms with Crippen LogP contribution in [0.3, 0.4) is 0 Å². The van der Waals surface area contributed by atoms with Gasteiger partial charge in [0.25, 0.3) is 0 Å². The molecule has 1 aromatic rings. The van der Waals surface area contributed by atoms with Crippen molar-refractivity contribution >= 4 is 23.0 Å². The monoisotopic (exact) mass is 322 g/mol. The number of ketones is 1. The van der Waals surface area contributed by atoms with Crippen molar-refractivity contribution in [2.75, 3.05) is 26.7 Å². The number of nitrogens with zero attached hydrogens (tertiary/aromatic N) is 1. The molecule has 22 heavy (non-hydrogen) atoms. The van der Waals surface area contributed by atoms with E-state index in [0.717, 1.165) is 47.8 Å². The number of amides is 1. The van der Waals surface area contributed by atoms with Crippen molar-refractivity contribution in [2.45, 2.75) is 39.5 Å². The molecule has 1 N–H and O–H groups in total. The highest BCUT2D eigenvalue weighted by Crippen LogP contribution is 2.23. The van der Waals surface area contributed by atoms with Crippen LogP contribution in [0.15, 0.2) is 6.07 Å². The van der Waals surface area contributed by atoms with Crippen LogP contribution in [0.1, 0.15) is 45.8 Å². The van der Waals surface area contributed by atoms with Crippen molar-refractivity contribution in [3.8, 4) is 0 Å². The van der Waals surface area contributed by atoms with Gasteiger partial charge in [-0.3, -0.25) is 9.59 Å². The van der Waals surface area contributed by atoms with Crippen LogP contribution in [-0.2, 0) is 4.79 Å². The second kappa shape index (κ2) is 7.88. The summed E-state index contributed by atoms with van der Waals surface area (Å²) in [4.78, 5) is 28.6. The van der Waals surface area contributed by atoms with Crippen LogP contribution in [-0.4, -0.2) is 43.3 Å². The fourth-order valence-corrected chi connectivity index (χ4v) is 4.04. The summed E-state index contributed by atoms with van der Waals surface area (Å²) in [5, 5.41) is 3.20. The molecule has 5 heteroatoms. The molecule has 2 heterocycles. The van der Waals surface area contributed by atoms with E-state index in [0.29, 0.717) is 18.8 Å². The van der Waals surface area contributed by atoms with Gasteiger partial charge in [-0.25, -0.2) is 0 Å². The van der Waals surface area contributed by atoms with Gasteiger partial charge < -0.3 is 10.2 Å². The summed E-state index contributed by atoms with van der Waals surface area (Å²) in [6.45, 7) is 6.66. The van der Waals surface area contributed by atoms with Gasteiger partial charge >= 0.3 is 0 Å². The van der Waals surface area contributed by atoms with Gasteiger partial charge in [-0.15, -0.1) is 11.3 Å². The largest absolute Gasteiger partial charge is 0.343 e. The Kier molecular flexibility index (Phi) is 6.15. The van der Waals surface area contributed by atoms with Gasteiger partial charge in [-0.05, 0) is 52.3 Å². The molecule has 1 aromatic heterocycles. The molecule has 122 valence electrons. The fraction of sp³-hybridized carbons (Fsp3) is 0.647. The SMILES string of the molecule is CNCC1CCN(C(=O)CCC(=O)c2cc(C)sc2C)CC1. The van der Waals surface area contributed by atoms with Gasteiger partial charge in [-0.2, -0.15) is 0 Å². The normalized spacial score (nSPS) is 16.0. The molecule has 1 amide bonds. The number of hydrogen-bond donors (Lipinski definition) is 1. The molecule has 2 rings (SSSR count). The number of carbonyl (C=O) groups excluding carboxylic acids is 2. The molecular weight excluding hydrogens is 296 g/mol. The first kappa shape index (κ1) is 17.2. The molecule has 1 aliphatic heterocycles. The predicted octanol–water partition coefficient (Wildman–Crippen LogP) is 2.79. The molecule has 0 aliphatic carbocycles. The third-order valence-electron chi connectivity index (χ3n) is 4.37. The number of carbonyl (C=O) groups is 2. The van der Waals surface area contributed by atoms with E-state index in [9.17, 15) is 9.59 Å². The molecule has 1 fully saturated rings. The number of aryl methyl sites for hydroxylation is 2. The molecule has 1 saturated heterocycles. The summed E-state index contributed by atoms with van der Waals surface area (Å²) in [6, 6.07) is 1.94. The Morgan fingerprint density at radius 3 is 2.50 bits per heavy atom. The minimum absolute atomic E-state index is 0.0975. The molecule has 0 bridgehead atoms. The lowest BCUT2D eigenvalue weighted by Gasteiger charge is -2.32. The Hall–Kier alpha value is -1.20. The summed E-state index contributed by atoms with van der Waals surface area (Å²) in [5.41, 5.74) is 0.794. The predicted molar refractivity (Wildman–Crippen MR) is 90.6 cm³/mol. The second-order valence-electron chi connectivity index (χ2n) is 6.13. The summed E-state index contributed by atoms with van der Waals surface area (Å²) in [7, 11) is 1.97. The van der Waals surface area contributed by atoms with Crippen LogP contribution in [0.2, 0.25) is 0 Å². The number of piperidine rings is 1. The zero-order valence-corrected chi connectivity index (χ0v) is 14.6. The number of thiophene rings is 1. The summed E-state index contributed by atoms with van der Waals surface area (Å²) in [6.07, 6.45) is 2.78. The average Bonchev–Trinajstić information content (AvgIpc) is 2.84. The van der Waals surface area contributed by atoms with E-state index < -0.39 is 0 Å². The van der Waals surface area contributed by atoms with Gasteiger partial charge in [0.05, 0.1) is 0 Å². The Labute approximate surface area is 136 Å². The highest BCUT2D eigenvalue weighted by Gasteiger charge is 2.23. The van der Waals surface area contributed by atoms with Crippen LogP contribution in [0, 0.1) is 19.8 Å². The highest BCUT2D eigenvalue weighted by atomic mass is 32.1. The molecule has 0 unspecified atom stereocenters. The summed E-state index contributed by atoms with van der Waals surface area (Å²) < 4.78 is 0. The first-order valence-corrected chi connectivity index (χ1v) is 8.85. The Morgan fingerprint density at radius 1 is 1.27 bits per heavy atom. The lowest BCUT2D eigenvalue weighted by atomic mass is 9.96.